The topological polar surface area (TPSA) is 185 Å². The van der Waals surface area contributed by atoms with Crippen LogP contribution in [0.4, 0.5) is 0 Å². The summed E-state index contributed by atoms with van der Waals surface area (Å²) in [4.78, 5) is 29.6. The Morgan fingerprint density at radius 3 is 2.00 bits per heavy atom. The zero-order chi connectivity index (χ0) is 37.3. The molecule has 0 aromatic heterocycles. The van der Waals surface area contributed by atoms with E-state index in [1.807, 2.05) is 32.8 Å². The highest BCUT2D eigenvalue weighted by molar-refractivity contribution is 5.83. The first-order chi connectivity index (χ1) is 22.5. The number of aliphatic hydroxyl groups excluding tert-OH is 3. The zero-order valence-electron chi connectivity index (χ0n) is 31.6. The summed E-state index contributed by atoms with van der Waals surface area (Å²) in [5.41, 5.74) is -3.30. The van der Waals surface area contributed by atoms with Gasteiger partial charge in [-0.05, 0) is 68.0 Å². The lowest BCUT2D eigenvalue weighted by Crippen LogP contribution is -2.60. The van der Waals surface area contributed by atoms with Gasteiger partial charge in [0.15, 0.2) is 12.6 Å². The Kier molecular flexibility index (Phi) is 14.3. The minimum atomic E-state index is -1.74. The van der Waals surface area contributed by atoms with E-state index in [0.717, 1.165) is 0 Å². The van der Waals surface area contributed by atoms with Crippen molar-refractivity contribution in [3.63, 3.8) is 0 Å². The summed E-state index contributed by atoms with van der Waals surface area (Å²) in [6.07, 6.45) is -8.87. The average molecular weight is 704 g/mol. The van der Waals surface area contributed by atoms with Crippen molar-refractivity contribution in [3.8, 4) is 0 Å². The molecule has 13 heteroatoms. The van der Waals surface area contributed by atoms with Crippen LogP contribution in [0.1, 0.15) is 94.9 Å². The number of ether oxygens (including phenoxy) is 5. The third-order valence-corrected chi connectivity index (χ3v) is 11.3. The van der Waals surface area contributed by atoms with E-state index in [-0.39, 0.29) is 30.8 Å². The van der Waals surface area contributed by atoms with Crippen molar-refractivity contribution in [2.24, 2.45) is 29.6 Å². The van der Waals surface area contributed by atoms with Gasteiger partial charge < -0.3 is 54.1 Å². The monoisotopic (exact) mass is 703 g/mol. The first-order valence-corrected chi connectivity index (χ1v) is 18.0. The molecule has 3 aliphatic heterocycles. The SMILES string of the molecule is CC[C@H]1OC(=O)[C@H](C)[C@@H](O[C@@H]2C[C@](C)(O)[C@H](O)[C@@H](C)O2)[C@H](C)[C@@H](O[C@H]2O[C@@H](C)C[C@@H](N(C)C)[C@@H]2O)[C@](C)(O)C[C@@H](C)C(=O)[C@H](C)[C@@H](O)[C@@H]1C. The maximum Gasteiger partial charge on any atom is 0.311 e. The Morgan fingerprint density at radius 2 is 1.45 bits per heavy atom. The zero-order valence-corrected chi connectivity index (χ0v) is 31.6. The van der Waals surface area contributed by atoms with Gasteiger partial charge in [-0.25, -0.2) is 0 Å². The number of rotatable bonds is 6. The maximum atomic E-state index is 14.0. The number of likely N-dealkylation sites (N-methyl/N-ethyl adjacent to an activating group) is 1. The first-order valence-electron chi connectivity index (χ1n) is 18.0. The number of Topliss-reactive ketones (excluding diaryl/α,β-unsaturated/α-hetero) is 1. The van der Waals surface area contributed by atoms with E-state index < -0.39 is 102 Å². The molecule has 0 aromatic rings. The van der Waals surface area contributed by atoms with Crippen molar-refractivity contribution < 1.29 is 58.8 Å². The predicted octanol–water partition coefficient (Wildman–Crippen LogP) is 2.02. The van der Waals surface area contributed by atoms with Gasteiger partial charge in [-0.15, -0.1) is 0 Å². The fourth-order valence-corrected chi connectivity index (χ4v) is 8.17. The van der Waals surface area contributed by atoms with Crippen LogP contribution in [0.15, 0.2) is 0 Å². The van der Waals surface area contributed by atoms with Gasteiger partial charge in [-0.1, -0.05) is 34.6 Å². The molecule has 3 rings (SSSR count). The number of esters is 1. The maximum absolute atomic E-state index is 14.0. The van der Waals surface area contributed by atoms with Crippen molar-refractivity contribution in [1.82, 2.24) is 4.90 Å². The highest BCUT2D eigenvalue weighted by atomic mass is 16.7. The molecule has 0 amide bonds. The molecule has 49 heavy (non-hydrogen) atoms. The van der Waals surface area contributed by atoms with Crippen LogP contribution in [0.25, 0.3) is 0 Å². The van der Waals surface area contributed by atoms with Crippen LogP contribution in [0.5, 0.6) is 0 Å². The number of hydrogen-bond donors (Lipinski definition) is 5. The van der Waals surface area contributed by atoms with Crippen LogP contribution < -0.4 is 0 Å². The van der Waals surface area contributed by atoms with Gasteiger partial charge in [0.1, 0.15) is 24.1 Å². The van der Waals surface area contributed by atoms with E-state index >= 15 is 0 Å². The summed E-state index contributed by atoms with van der Waals surface area (Å²) in [6.45, 7) is 16.8. The van der Waals surface area contributed by atoms with E-state index in [4.69, 9.17) is 23.7 Å². The van der Waals surface area contributed by atoms with Gasteiger partial charge in [-0.2, -0.15) is 0 Å². The molecular weight excluding hydrogens is 638 g/mol. The molecule has 0 unspecified atom stereocenters. The molecule has 0 saturated carbocycles. The molecular formula is C36H65NO12. The number of carbonyl (C=O) groups is 2. The highest BCUT2D eigenvalue weighted by Gasteiger charge is 2.52. The molecule has 0 spiro atoms. The number of nitrogens with zero attached hydrogens (tertiary/aromatic N) is 1. The Morgan fingerprint density at radius 1 is 0.837 bits per heavy atom. The molecule has 0 radical (unpaired) electrons. The van der Waals surface area contributed by atoms with Crippen molar-refractivity contribution in [2.75, 3.05) is 14.1 Å². The largest absolute Gasteiger partial charge is 0.462 e. The van der Waals surface area contributed by atoms with Crippen LogP contribution >= 0.6 is 0 Å². The lowest BCUT2D eigenvalue weighted by atomic mass is 9.74. The van der Waals surface area contributed by atoms with Crippen LogP contribution in [-0.2, 0) is 33.3 Å². The Balaban J connectivity index is 2.15. The lowest BCUT2D eigenvalue weighted by molar-refractivity contribution is -0.316. The average Bonchev–Trinajstić information content (AvgIpc) is 3.01. The molecule has 13 nitrogen and oxygen atoms in total. The molecule has 0 bridgehead atoms. The standard InChI is InChI=1S/C36H65NO12/c1-13-25-19(4)28(39)20(5)27(38)17(2)15-36(10,44)32(49-34-29(40)24(37(11)12)14-18(3)45-34)21(6)30(22(7)33(42)47-25)48-26-16-35(9,43)31(41)23(8)46-26/h17-26,28-32,34,39-41,43-44H,13-16H2,1-12H3/t17-,18+,19-,20+,21+,22-,23-,24-,25-,26-,28+,29+,30+,31-,32-,34-,35+,36-/m1/s1. The van der Waals surface area contributed by atoms with Gasteiger partial charge in [0.2, 0.25) is 0 Å². The highest BCUT2D eigenvalue weighted by Crippen LogP contribution is 2.40. The molecule has 18 atom stereocenters. The molecule has 3 aliphatic rings. The smallest absolute Gasteiger partial charge is 0.311 e. The van der Waals surface area contributed by atoms with Crippen LogP contribution in [-0.4, -0.2) is 135 Å². The third kappa shape index (κ3) is 9.60. The van der Waals surface area contributed by atoms with Crippen molar-refractivity contribution >= 4 is 11.8 Å². The minimum absolute atomic E-state index is 0.0671. The number of hydrogen-bond acceptors (Lipinski definition) is 13. The lowest BCUT2D eigenvalue weighted by Gasteiger charge is -2.48. The number of carbonyl (C=O) groups excluding carboxylic acids is 2. The number of ketones is 1. The van der Waals surface area contributed by atoms with Crippen molar-refractivity contribution in [2.45, 2.75) is 174 Å². The summed E-state index contributed by atoms with van der Waals surface area (Å²) >= 11 is 0. The molecule has 286 valence electrons. The van der Waals surface area contributed by atoms with Crippen LogP contribution in [0, 0.1) is 29.6 Å². The summed E-state index contributed by atoms with van der Waals surface area (Å²) in [5, 5.41) is 56.6. The molecule has 0 aliphatic carbocycles. The normalized spacial score (nSPS) is 49.8. The van der Waals surface area contributed by atoms with Crippen LogP contribution in [0.2, 0.25) is 0 Å². The fraction of sp³-hybridized carbons (Fsp3) is 0.944. The van der Waals surface area contributed by atoms with Gasteiger partial charge in [0.05, 0.1) is 47.6 Å². The summed E-state index contributed by atoms with van der Waals surface area (Å²) in [6, 6.07) is -0.310. The summed E-state index contributed by atoms with van der Waals surface area (Å²) < 4.78 is 31.2. The van der Waals surface area contributed by atoms with E-state index in [9.17, 15) is 35.1 Å². The molecule has 3 fully saturated rings. The Bertz CT molecular complexity index is 1100. The second kappa shape index (κ2) is 16.6. The van der Waals surface area contributed by atoms with Gasteiger partial charge in [0, 0.05) is 36.1 Å². The van der Waals surface area contributed by atoms with Gasteiger partial charge in [-0.3, -0.25) is 9.59 Å². The molecule has 0 aromatic carbocycles. The van der Waals surface area contributed by atoms with Crippen LogP contribution in [0.3, 0.4) is 0 Å². The van der Waals surface area contributed by atoms with E-state index in [2.05, 4.69) is 0 Å². The molecule has 3 saturated heterocycles. The fourth-order valence-electron chi connectivity index (χ4n) is 8.17. The Hall–Kier alpha value is -1.26. The number of aliphatic hydroxyl groups is 5. The van der Waals surface area contributed by atoms with E-state index in [0.29, 0.717) is 12.8 Å². The van der Waals surface area contributed by atoms with Crippen molar-refractivity contribution in [1.29, 1.82) is 0 Å². The van der Waals surface area contributed by atoms with E-state index in [1.165, 1.54) is 6.92 Å². The second-order valence-electron chi connectivity index (χ2n) is 16.0. The third-order valence-electron chi connectivity index (χ3n) is 11.3. The molecule has 5 N–H and O–H groups in total. The molecule has 3 heterocycles. The first kappa shape index (κ1) is 42.2. The minimum Gasteiger partial charge on any atom is -0.462 e. The Labute approximate surface area is 292 Å². The van der Waals surface area contributed by atoms with E-state index in [1.54, 1.807) is 48.5 Å². The second-order valence-corrected chi connectivity index (χ2v) is 16.0. The van der Waals surface area contributed by atoms with Crippen molar-refractivity contribution in [3.05, 3.63) is 0 Å². The number of cyclic esters (lactones) is 1. The van der Waals surface area contributed by atoms with Gasteiger partial charge >= 0.3 is 5.97 Å². The summed E-state index contributed by atoms with van der Waals surface area (Å²) in [7, 11) is 3.70. The quantitative estimate of drug-likeness (QED) is 0.254. The summed E-state index contributed by atoms with van der Waals surface area (Å²) in [5.74, 6) is -4.76. The predicted molar refractivity (Wildman–Crippen MR) is 180 cm³/mol. The van der Waals surface area contributed by atoms with Gasteiger partial charge in [0.25, 0.3) is 0 Å².